The van der Waals surface area contributed by atoms with E-state index >= 15 is 4.39 Å². The highest BCUT2D eigenvalue weighted by atomic mass is 32.2. The maximum absolute atomic E-state index is 15.0. The molecule has 3 aliphatic heterocycles. The number of nitro benzene ring substituents is 1. The number of anilines is 2. The Balaban J connectivity index is 0.900. The predicted molar refractivity (Wildman–Crippen MR) is 269 cm³/mol. The number of piperidine rings is 1. The van der Waals surface area contributed by atoms with Gasteiger partial charge in [-0.05, 0) is 125 Å². The molecule has 5 aromatic rings. The average Bonchev–Trinajstić information content (AvgIpc) is 3.97. The topological polar surface area (TPSA) is 222 Å². The minimum Gasteiger partial charge on any atom is -0.489 e. The molecule has 19 heteroatoms. The lowest BCUT2D eigenvalue weighted by molar-refractivity contribution is -0.384. The van der Waals surface area contributed by atoms with Gasteiger partial charge in [-0.3, -0.25) is 19.8 Å². The van der Waals surface area contributed by atoms with Crippen LogP contribution in [0.2, 0.25) is 0 Å². The Hall–Kier alpha value is -6.02. The molecular weight excluding hydrogens is 946 g/mol. The van der Waals surface area contributed by atoms with Crippen molar-refractivity contribution in [2.24, 2.45) is 11.3 Å². The van der Waals surface area contributed by atoms with E-state index in [0.29, 0.717) is 49.4 Å². The van der Waals surface area contributed by atoms with E-state index in [9.17, 15) is 33.5 Å². The molecular formula is C53H64FN7O10S. The molecule has 5 heterocycles. The van der Waals surface area contributed by atoms with Gasteiger partial charge < -0.3 is 39.6 Å². The van der Waals surface area contributed by atoms with Gasteiger partial charge in [0.2, 0.25) is 0 Å². The van der Waals surface area contributed by atoms with Crippen molar-refractivity contribution in [3.63, 3.8) is 0 Å². The number of aliphatic hydroxyl groups is 2. The van der Waals surface area contributed by atoms with Crippen molar-refractivity contribution < 1.29 is 46.9 Å². The Morgan fingerprint density at radius 2 is 1.78 bits per heavy atom. The number of fused-ring (bicyclic) bond motifs is 2. The molecule has 5 aliphatic rings. The van der Waals surface area contributed by atoms with Gasteiger partial charge in [0.05, 0.1) is 38.5 Å². The van der Waals surface area contributed by atoms with Crippen molar-refractivity contribution in [1.29, 1.82) is 0 Å². The molecule has 1 amide bonds. The lowest BCUT2D eigenvalue weighted by atomic mass is 9.59. The van der Waals surface area contributed by atoms with Crippen LogP contribution in [0.5, 0.6) is 23.1 Å². The molecule has 10 rings (SSSR count). The third kappa shape index (κ3) is 9.92. The molecule has 72 heavy (non-hydrogen) atoms. The molecule has 0 unspecified atom stereocenters. The number of rotatable bonds is 14. The number of sulfonamides is 1. The van der Waals surface area contributed by atoms with Crippen molar-refractivity contribution in [3.05, 3.63) is 99.5 Å². The van der Waals surface area contributed by atoms with Crippen molar-refractivity contribution in [2.75, 3.05) is 43.1 Å². The summed E-state index contributed by atoms with van der Waals surface area (Å²) >= 11 is 0. The molecule has 2 saturated carbocycles. The van der Waals surface area contributed by atoms with E-state index in [-0.39, 0.29) is 76.0 Å². The monoisotopic (exact) mass is 1010 g/mol. The van der Waals surface area contributed by atoms with Crippen LogP contribution in [-0.4, -0.2) is 101 Å². The number of hydrogen-bond acceptors (Lipinski definition) is 14. The van der Waals surface area contributed by atoms with Gasteiger partial charge in [0, 0.05) is 61.3 Å². The van der Waals surface area contributed by atoms with Crippen LogP contribution < -0.4 is 29.1 Å². The number of nitro groups is 1. The highest BCUT2D eigenvalue weighted by molar-refractivity contribution is 7.90. The number of benzene rings is 3. The van der Waals surface area contributed by atoms with Crippen LogP contribution in [0.4, 0.5) is 21.5 Å². The number of nitrogens with zero attached hydrogens (tertiary/aromatic N) is 4. The van der Waals surface area contributed by atoms with E-state index in [1.165, 1.54) is 43.0 Å². The van der Waals surface area contributed by atoms with Crippen LogP contribution >= 0.6 is 0 Å². The van der Waals surface area contributed by atoms with Gasteiger partial charge in [0.1, 0.15) is 30.4 Å². The normalized spacial score (nSPS) is 23.8. The maximum atomic E-state index is 15.0. The summed E-state index contributed by atoms with van der Waals surface area (Å²) in [5, 5.41) is 36.3. The number of pyridine rings is 1. The second kappa shape index (κ2) is 19.4. The third-order valence-electron chi connectivity index (χ3n) is 15.9. The minimum atomic E-state index is -4.79. The van der Waals surface area contributed by atoms with E-state index in [1.54, 1.807) is 19.1 Å². The van der Waals surface area contributed by atoms with Crippen molar-refractivity contribution in [3.8, 4) is 23.1 Å². The molecule has 2 aliphatic carbocycles. The van der Waals surface area contributed by atoms with E-state index in [2.05, 4.69) is 67.9 Å². The van der Waals surface area contributed by atoms with E-state index in [4.69, 9.17) is 14.2 Å². The first-order chi connectivity index (χ1) is 34.4. The standard InChI is InChI=1S/C53H64FN7O10S/c1-31(2)37-8-5-6-9-38(37)43-10-7-19-60(43)35-26-53(27-35)17-20-59(21-18-53)34-11-12-39(45(22-34)71-47-25-40-41(54)28-55-49(40)57-51(47)70-29-32(3)62)50(63)58-72(67,68)36-23-44(61(65)66)48-46(24-36)69-30-42(56-48)33-13-15-52(4,64)16-14-33/h5-6,8-9,11-12,22-25,28,31-33,35,42-43,56,62,64H,7,10,13-21,26-27,29-30H2,1-4H3,(H,55,57)(H,58,63)/t32-,33?,42+,43-,52?/m0/s1. The summed E-state index contributed by atoms with van der Waals surface area (Å²) in [4.78, 5) is 37.6. The number of nitrogens with one attached hydrogen (secondary N) is 3. The highest BCUT2D eigenvalue weighted by Gasteiger charge is 2.50. The Morgan fingerprint density at radius 3 is 2.50 bits per heavy atom. The Bertz CT molecular complexity index is 2970. The van der Waals surface area contributed by atoms with Crippen LogP contribution in [0.25, 0.3) is 11.0 Å². The van der Waals surface area contributed by atoms with Gasteiger partial charge in [-0.15, -0.1) is 0 Å². The summed E-state index contributed by atoms with van der Waals surface area (Å²) in [6, 6.07) is 17.7. The number of H-pyrrole nitrogens is 1. The number of hydrogen-bond donors (Lipinski definition) is 5. The van der Waals surface area contributed by atoms with Crippen LogP contribution in [0.15, 0.2) is 71.8 Å². The van der Waals surface area contributed by atoms with Gasteiger partial charge in [-0.2, -0.15) is 4.98 Å². The van der Waals surface area contributed by atoms with Gasteiger partial charge in [0.25, 0.3) is 27.5 Å². The summed E-state index contributed by atoms with van der Waals surface area (Å²) in [5.41, 5.74) is 2.46. The molecule has 5 N–H and O–H groups in total. The second-order valence-electron chi connectivity index (χ2n) is 21.4. The van der Waals surface area contributed by atoms with E-state index in [1.807, 2.05) is 0 Å². The molecule has 4 fully saturated rings. The molecule has 0 radical (unpaired) electrons. The largest absolute Gasteiger partial charge is 0.489 e. The SMILES string of the molecule is CC(C)c1ccccc1[C@@H]1CCCN1C1CC2(CCN(c3ccc(C(=O)NS(=O)(=O)c4cc5c(c([N+](=O)[O-])c4)N[C@@H](C4CCC(C)(O)CC4)CO5)c(Oc4cc5c(F)c[nH]c5nc4OC[C@H](C)O)c3)CC2)C1. The van der Waals surface area contributed by atoms with Gasteiger partial charge in [-0.1, -0.05) is 38.1 Å². The first kappa shape index (κ1) is 49.6. The fourth-order valence-electron chi connectivity index (χ4n) is 11.9. The Kier molecular flexibility index (Phi) is 13.4. The van der Waals surface area contributed by atoms with Gasteiger partial charge >= 0.3 is 0 Å². The van der Waals surface area contributed by atoms with Crippen LogP contribution in [0.1, 0.15) is 125 Å². The van der Waals surface area contributed by atoms with E-state index in [0.717, 1.165) is 63.6 Å². The third-order valence-corrected chi connectivity index (χ3v) is 17.2. The van der Waals surface area contributed by atoms with Crippen molar-refractivity contribution >= 4 is 44.0 Å². The molecule has 3 atom stereocenters. The molecule has 3 aromatic carbocycles. The first-order valence-electron chi connectivity index (χ1n) is 25.3. The number of aromatic amines is 1. The second-order valence-corrected chi connectivity index (χ2v) is 23.1. The van der Waals surface area contributed by atoms with Crippen LogP contribution in [0, 0.1) is 27.3 Å². The number of halogens is 1. The number of aromatic nitrogens is 2. The van der Waals surface area contributed by atoms with Crippen LogP contribution in [-0.2, 0) is 10.0 Å². The van der Waals surface area contributed by atoms with Gasteiger partial charge in [0.15, 0.2) is 17.2 Å². The molecule has 17 nitrogen and oxygen atoms in total. The van der Waals surface area contributed by atoms with Crippen molar-refractivity contribution in [1.82, 2.24) is 19.6 Å². The number of carbonyl (C=O) groups excluding carboxylic acids is 1. The molecule has 2 saturated heterocycles. The van der Waals surface area contributed by atoms with Crippen molar-refractivity contribution in [2.45, 2.75) is 133 Å². The minimum absolute atomic E-state index is 0.0347. The molecule has 2 aromatic heterocycles. The number of likely N-dealkylation sites (tertiary alicyclic amines) is 1. The summed E-state index contributed by atoms with van der Waals surface area (Å²) < 4.78 is 63.6. The summed E-state index contributed by atoms with van der Waals surface area (Å²) in [7, 11) is -4.79. The number of carbonyl (C=O) groups is 1. The van der Waals surface area contributed by atoms with E-state index < -0.39 is 49.0 Å². The fourth-order valence-corrected chi connectivity index (χ4v) is 12.9. The number of ether oxygens (including phenoxy) is 3. The zero-order chi connectivity index (χ0) is 50.7. The number of amides is 1. The number of aliphatic hydroxyl groups excluding tert-OH is 1. The maximum Gasteiger partial charge on any atom is 0.297 e. The van der Waals surface area contributed by atoms with Gasteiger partial charge in [-0.25, -0.2) is 17.5 Å². The predicted octanol–water partition coefficient (Wildman–Crippen LogP) is 9.10. The highest BCUT2D eigenvalue weighted by Crippen LogP contribution is 2.54. The Labute approximate surface area is 418 Å². The lowest BCUT2D eigenvalue weighted by Gasteiger charge is -2.56. The van der Waals surface area contributed by atoms with Crippen LogP contribution in [0.3, 0.4) is 0 Å². The molecule has 384 valence electrons. The summed E-state index contributed by atoms with van der Waals surface area (Å²) in [5.74, 6) is -1.57. The Morgan fingerprint density at radius 1 is 1.03 bits per heavy atom. The molecule has 0 bridgehead atoms. The smallest absolute Gasteiger partial charge is 0.297 e. The quantitative estimate of drug-likeness (QED) is 0.0517. The average molecular weight is 1010 g/mol. The summed E-state index contributed by atoms with van der Waals surface area (Å²) in [6.45, 7) is 10.3. The lowest BCUT2D eigenvalue weighted by Crippen LogP contribution is -2.54. The zero-order valence-corrected chi connectivity index (χ0v) is 42.0. The molecule has 1 spiro atoms. The zero-order valence-electron chi connectivity index (χ0n) is 41.2. The summed E-state index contributed by atoms with van der Waals surface area (Å²) in [6.07, 6.45) is 9.26. The fraction of sp³-hybridized carbons (Fsp3) is 0.509. The first-order valence-corrected chi connectivity index (χ1v) is 26.8.